The van der Waals surface area contributed by atoms with Crippen molar-refractivity contribution in [2.24, 2.45) is 0 Å². The highest BCUT2D eigenvalue weighted by atomic mass is 35.5. The van der Waals surface area contributed by atoms with Crippen LogP contribution in [0.5, 0.6) is 5.75 Å². The van der Waals surface area contributed by atoms with E-state index in [2.05, 4.69) is 0 Å². The summed E-state index contributed by atoms with van der Waals surface area (Å²) in [6.07, 6.45) is -0.367. The molecule has 0 saturated carbocycles. The second-order valence-electron chi connectivity index (χ2n) is 8.23. The molecule has 1 saturated heterocycles. The summed E-state index contributed by atoms with van der Waals surface area (Å²) in [6.45, 7) is 1.02. The number of carbonyl (C=O) groups is 1. The largest absolute Gasteiger partial charge is 0.491 e. The van der Waals surface area contributed by atoms with Gasteiger partial charge in [-0.15, -0.1) is 0 Å². The quantitative estimate of drug-likeness (QED) is 0.435. The van der Waals surface area contributed by atoms with Gasteiger partial charge in [0.05, 0.1) is 17.6 Å². The van der Waals surface area contributed by atoms with Gasteiger partial charge < -0.3 is 19.3 Å². The fraction of sp³-hybridized carbons (Fsp3) is 0.231. The first-order chi connectivity index (χ1) is 16.1. The number of nitrogens with zero attached hydrogens (tertiary/aromatic N) is 3. The van der Waals surface area contributed by atoms with Crippen molar-refractivity contribution in [1.82, 2.24) is 9.55 Å². The van der Waals surface area contributed by atoms with Gasteiger partial charge in [0.15, 0.2) is 0 Å². The highest BCUT2D eigenvalue weighted by Gasteiger charge is 2.35. The number of halogens is 1. The number of hydrogen-bond donors (Lipinski definition) is 1. The maximum Gasteiger partial charge on any atom is 0.227 e. The summed E-state index contributed by atoms with van der Waals surface area (Å²) in [7, 11) is 0. The van der Waals surface area contributed by atoms with Gasteiger partial charge in [0.25, 0.3) is 0 Å². The van der Waals surface area contributed by atoms with E-state index in [1.807, 2.05) is 71.3 Å². The Bertz CT molecular complexity index is 1260. The van der Waals surface area contributed by atoms with Gasteiger partial charge in [-0.2, -0.15) is 0 Å². The molecule has 4 aromatic rings. The van der Waals surface area contributed by atoms with Crippen LogP contribution < -0.4 is 9.64 Å². The van der Waals surface area contributed by atoms with Crippen LogP contribution in [0.1, 0.15) is 18.2 Å². The molecule has 1 aliphatic heterocycles. The zero-order valence-electron chi connectivity index (χ0n) is 18.0. The zero-order valence-corrected chi connectivity index (χ0v) is 18.7. The van der Waals surface area contributed by atoms with Gasteiger partial charge in [-0.25, -0.2) is 4.98 Å². The molecule has 6 nitrogen and oxygen atoms in total. The van der Waals surface area contributed by atoms with Gasteiger partial charge in [-0.3, -0.25) is 4.79 Å². The number of rotatable bonds is 7. The molecule has 33 heavy (non-hydrogen) atoms. The smallest absolute Gasteiger partial charge is 0.227 e. The number of amides is 1. The lowest BCUT2D eigenvalue weighted by Crippen LogP contribution is -2.26. The topological polar surface area (TPSA) is 67.6 Å². The second-order valence-corrected chi connectivity index (χ2v) is 8.67. The molecule has 2 atom stereocenters. The third kappa shape index (κ3) is 4.58. The van der Waals surface area contributed by atoms with Crippen molar-refractivity contribution in [2.45, 2.75) is 25.0 Å². The molecule has 7 heteroatoms. The summed E-state index contributed by atoms with van der Waals surface area (Å²) in [6, 6.07) is 24.6. The first-order valence-corrected chi connectivity index (χ1v) is 11.3. The van der Waals surface area contributed by atoms with E-state index in [-0.39, 0.29) is 18.4 Å². The summed E-state index contributed by atoms with van der Waals surface area (Å²) in [5, 5.41) is 11.4. The maximum absolute atomic E-state index is 12.8. The van der Waals surface area contributed by atoms with Gasteiger partial charge in [-0.05, 0) is 48.5 Å². The standard InChI is InChI=1S/C26H24ClN3O3/c27-19-10-12-20(13-11-19)29-15-18(14-25(29)32)26-28-23-8-4-5-9-24(23)30(26)16-21(31)17-33-22-6-2-1-3-7-22/h1-13,18,21,31H,14-17H2. The van der Waals surface area contributed by atoms with Crippen molar-refractivity contribution in [3.8, 4) is 5.75 Å². The van der Waals surface area contributed by atoms with Gasteiger partial charge in [-0.1, -0.05) is 41.9 Å². The van der Waals surface area contributed by atoms with E-state index in [9.17, 15) is 9.90 Å². The molecule has 168 valence electrons. The first kappa shape index (κ1) is 21.5. The van der Waals surface area contributed by atoms with E-state index >= 15 is 0 Å². The molecule has 5 rings (SSSR count). The Balaban J connectivity index is 1.38. The van der Waals surface area contributed by atoms with E-state index in [1.165, 1.54) is 0 Å². The molecule has 0 bridgehead atoms. The molecule has 0 spiro atoms. The molecule has 1 aromatic heterocycles. The number of para-hydroxylation sites is 3. The summed E-state index contributed by atoms with van der Waals surface area (Å²) in [5.41, 5.74) is 2.61. The number of ether oxygens (including phenoxy) is 1. The van der Waals surface area contributed by atoms with Crippen molar-refractivity contribution < 1.29 is 14.6 Å². The van der Waals surface area contributed by atoms with E-state index < -0.39 is 6.10 Å². The molecule has 2 heterocycles. The number of benzene rings is 3. The molecule has 1 amide bonds. The van der Waals surface area contributed by atoms with Crippen molar-refractivity contribution >= 4 is 34.2 Å². The van der Waals surface area contributed by atoms with Crippen LogP contribution in [0.4, 0.5) is 5.69 Å². The number of fused-ring (bicyclic) bond motifs is 1. The van der Waals surface area contributed by atoms with Gasteiger partial charge in [0.1, 0.15) is 24.3 Å². The van der Waals surface area contributed by atoms with Crippen molar-refractivity contribution in [3.05, 3.63) is 89.7 Å². The molecule has 2 unspecified atom stereocenters. The predicted molar refractivity (Wildman–Crippen MR) is 129 cm³/mol. The summed E-state index contributed by atoms with van der Waals surface area (Å²) >= 11 is 6.01. The molecular weight excluding hydrogens is 438 g/mol. The van der Waals surface area contributed by atoms with Crippen LogP contribution in [0.2, 0.25) is 5.02 Å². The van der Waals surface area contributed by atoms with E-state index in [0.29, 0.717) is 30.3 Å². The number of carbonyl (C=O) groups excluding carboxylic acids is 1. The Kier molecular flexibility index (Phi) is 6.03. The predicted octanol–water partition coefficient (Wildman–Crippen LogP) is 4.65. The summed E-state index contributed by atoms with van der Waals surface area (Å²) in [5.74, 6) is 1.49. The fourth-order valence-electron chi connectivity index (χ4n) is 4.32. The molecule has 1 N–H and O–H groups in total. The van der Waals surface area contributed by atoms with Crippen LogP contribution >= 0.6 is 11.6 Å². The lowest BCUT2D eigenvalue weighted by molar-refractivity contribution is -0.117. The molecule has 1 fully saturated rings. The number of hydrogen-bond acceptors (Lipinski definition) is 4. The Morgan fingerprint density at radius 1 is 1.03 bits per heavy atom. The van der Waals surface area contributed by atoms with Gasteiger partial charge in [0, 0.05) is 29.6 Å². The molecule has 0 aliphatic carbocycles. The van der Waals surface area contributed by atoms with E-state index in [0.717, 1.165) is 22.5 Å². The average molecular weight is 462 g/mol. The van der Waals surface area contributed by atoms with Crippen molar-refractivity contribution in [2.75, 3.05) is 18.1 Å². The van der Waals surface area contributed by atoms with Crippen LogP contribution in [0.25, 0.3) is 11.0 Å². The SMILES string of the molecule is O=C1CC(c2nc3ccccc3n2CC(O)COc2ccccc2)CN1c1ccc(Cl)cc1. The number of aliphatic hydroxyl groups is 1. The Morgan fingerprint density at radius 2 is 1.76 bits per heavy atom. The first-order valence-electron chi connectivity index (χ1n) is 11.0. The Hall–Kier alpha value is -3.35. The Morgan fingerprint density at radius 3 is 2.55 bits per heavy atom. The monoisotopic (exact) mass is 461 g/mol. The van der Waals surface area contributed by atoms with Crippen LogP contribution in [0.15, 0.2) is 78.9 Å². The summed E-state index contributed by atoms with van der Waals surface area (Å²) in [4.78, 5) is 19.5. The summed E-state index contributed by atoms with van der Waals surface area (Å²) < 4.78 is 7.76. The third-order valence-corrected chi connectivity index (χ3v) is 6.14. The van der Waals surface area contributed by atoms with E-state index in [4.69, 9.17) is 21.3 Å². The minimum absolute atomic E-state index is 0.0499. The number of anilines is 1. The lowest BCUT2D eigenvalue weighted by Gasteiger charge is -2.19. The number of aromatic nitrogens is 2. The zero-order chi connectivity index (χ0) is 22.8. The fourth-order valence-corrected chi connectivity index (χ4v) is 4.45. The van der Waals surface area contributed by atoms with Crippen molar-refractivity contribution in [1.29, 1.82) is 0 Å². The molecule has 1 aliphatic rings. The van der Waals surface area contributed by atoms with Crippen molar-refractivity contribution in [3.63, 3.8) is 0 Å². The second kappa shape index (κ2) is 9.25. The maximum atomic E-state index is 12.8. The Labute approximate surface area is 197 Å². The molecular formula is C26H24ClN3O3. The van der Waals surface area contributed by atoms with Crippen LogP contribution in [0.3, 0.4) is 0 Å². The van der Waals surface area contributed by atoms with Crippen LogP contribution in [0, 0.1) is 0 Å². The molecule has 3 aromatic carbocycles. The lowest BCUT2D eigenvalue weighted by atomic mass is 10.1. The minimum atomic E-state index is -0.731. The number of imidazole rings is 1. The average Bonchev–Trinajstić information content (AvgIpc) is 3.39. The highest BCUT2D eigenvalue weighted by Crippen LogP contribution is 2.33. The van der Waals surface area contributed by atoms with Gasteiger partial charge in [0.2, 0.25) is 5.91 Å². The minimum Gasteiger partial charge on any atom is -0.491 e. The van der Waals surface area contributed by atoms with E-state index in [1.54, 1.807) is 17.0 Å². The normalized spacial score (nSPS) is 17.0. The van der Waals surface area contributed by atoms with Gasteiger partial charge >= 0.3 is 0 Å². The third-order valence-electron chi connectivity index (χ3n) is 5.89. The van der Waals surface area contributed by atoms with Crippen LogP contribution in [-0.4, -0.2) is 39.8 Å². The van der Waals surface area contributed by atoms with Crippen LogP contribution in [-0.2, 0) is 11.3 Å². The highest BCUT2D eigenvalue weighted by molar-refractivity contribution is 6.30. The molecule has 0 radical (unpaired) electrons. The number of aliphatic hydroxyl groups excluding tert-OH is 1.